The van der Waals surface area contributed by atoms with Crippen LogP contribution in [0.25, 0.3) is 10.7 Å². The predicted molar refractivity (Wildman–Crippen MR) is 95.8 cm³/mol. The molecule has 0 radical (unpaired) electrons. The number of hydrogen-bond acceptors (Lipinski definition) is 6. The summed E-state index contributed by atoms with van der Waals surface area (Å²) in [5.41, 5.74) is 0.510. The minimum absolute atomic E-state index is 0.229. The van der Waals surface area contributed by atoms with Gasteiger partial charge in [-0.15, -0.1) is 11.3 Å². The standard InChI is InChI=1S/C18H25N3O2S/c1-14-12-21(7-5-18(14,22)6-8-23-2)13-15-10-19-17(20-11-15)16-4-3-9-24-16/h3-4,9-11,14,22H,5-8,12-13H2,1-2H3/t14-,18-/m1/s1. The molecule has 1 fully saturated rings. The van der Waals surface area contributed by atoms with Crippen molar-refractivity contribution in [2.75, 3.05) is 26.8 Å². The zero-order chi connectivity index (χ0) is 17.0. The monoisotopic (exact) mass is 347 g/mol. The van der Waals surface area contributed by atoms with Gasteiger partial charge in [0.2, 0.25) is 0 Å². The summed E-state index contributed by atoms with van der Waals surface area (Å²) in [6.45, 7) is 5.33. The van der Waals surface area contributed by atoms with E-state index >= 15 is 0 Å². The van der Waals surface area contributed by atoms with Crippen LogP contribution in [-0.4, -0.2) is 52.4 Å². The van der Waals surface area contributed by atoms with Crippen LogP contribution in [0, 0.1) is 5.92 Å². The summed E-state index contributed by atoms with van der Waals surface area (Å²) in [6, 6.07) is 4.05. The number of nitrogens with zero attached hydrogens (tertiary/aromatic N) is 3. The molecular weight excluding hydrogens is 322 g/mol. The molecule has 3 heterocycles. The second-order valence-electron chi connectivity index (χ2n) is 6.62. The van der Waals surface area contributed by atoms with Crippen LogP contribution in [0.15, 0.2) is 29.9 Å². The van der Waals surface area contributed by atoms with E-state index in [2.05, 4.69) is 21.8 Å². The lowest BCUT2D eigenvalue weighted by Gasteiger charge is -2.43. The molecule has 1 aliphatic rings. The van der Waals surface area contributed by atoms with Gasteiger partial charge in [0.15, 0.2) is 5.82 Å². The summed E-state index contributed by atoms with van der Waals surface area (Å²) in [6.07, 6.45) is 5.32. The number of hydrogen-bond donors (Lipinski definition) is 1. The van der Waals surface area contributed by atoms with E-state index in [1.807, 2.05) is 29.9 Å². The number of methoxy groups -OCH3 is 1. The first-order valence-corrected chi connectivity index (χ1v) is 9.27. The summed E-state index contributed by atoms with van der Waals surface area (Å²) in [7, 11) is 1.68. The van der Waals surface area contributed by atoms with Crippen molar-refractivity contribution in [3.05, 3.63) is 35.5 Å². The molecule has 5 nitrogen and oxygen atoms in total. The first-order valence-electron chi connectivity index (χ1n) is 8.39. The summed E-state index contributed by atoms with van der Waals surface area (Å²) in [4.78, 5) is 12.4. The number of likely N-dealkylation sites (tertiary alicyclic amines) is 1. The molecule has 0 unspecified atom stereocenters. The van der Waals surface area contributed by atoms with E-state index in [0.717, 1.165) is 42.3 Å². The summed E-state index contributed by atoms with van der Waals surface area (Å²) < 4.78 is 5.13. The highest BCUT2D eigenvalue weighted by atomic mass is 32.1. The second kappa shape index (κ2) is 7.70. The Labute approximate surface area is 147 Å². The topological polar surface area (TPSA) is 58.5 Å². The summed E-state index contributed by atoms with van der Waals surface area (Å²) >= 11 is 1.65. The van der Waals surface area contributed by atoms with Gasteiger partial charge in [-0.05, 0) is 30.2 Å². The third-order valence-electron chi connectivity index (χ3n) is 4.90. The van der Waals surface area contributed by atoms with Crippen LogP contribution in [0.3, 0.4) is 0 Å². The summed E-state index contributed by atoms with van der Waals surface area (Å²) in [5, 5.41) is 12.8. The molecule has 2 aromatic rings. The van der Waals surface area contributed by atoms with Gasteiger partial charge in [-0.25, -0.2) is 9.97 Å². The normalized spacial score (nSPS) is 25.0. The van der Waals surface area contributed by atoms with E-state index in [0.29, 0.717) is 13.0 Å². The molecule has 0 bridgehead atoms. The lowest BCUT2D eigenvalue weighted by atomic mass is 9.80. The number of piperidine rings is 1. The van der Waals surface area contributed by atoms with Crippen LogP contribution in [0.5, 0.6) is 0 Å². The fourth-order valence-corrected chi connectivity index (χ4v) is 3.94. The third kappa shape index (κ3) is 4.00. The molecule has 1 N–H and O–H groups in total. The van der Waals surface area contributed by atoms with Gasteiger partial charge in [-0.1, -0.05) is 13.0 Å². The number of thiophene rings is 1. The second-order valence-corrected chi connectivity index (χ2v) is 7.57. The highest BCUT2D eigenvalue weighted by molar-refractivity contribution is 7.13. The Morgan fingerprint density at radius 2 is 2.21 bits per heavy atom. The quantitative estimate of drug-likeness (QED) is 0.871. The predicted octanol–water partition coefficient (Wildman–Crippen LogP) is 2.81. The summed E-state index contributed by atoms with van der Waals surface area (Å²) in [5.74, 6) is 1.02. The van der Waals surface area contributed by atoms with E-state index in [4.69, 9.17) is 4.74 Å². The van der Waals surface area contributed by atoms with Crippen LogP contribution >= 0.6 is 11.3 Å². The van der Waals surface area contributed by atoms with E-state index < -0.39 is 5.60 Å². The lowest BCUT2D eigenvalue weighted by molar-refractivity contribution is -0.0827. The molecule has 0 saturated carbocycles. The van der Waals surface area contributed by atoms with Gasteiger partial charge in [-0.2, -0.15) is 0 Å². The van der Waals surface area contributed by atoms with Gasteiger partial charge in [0, 0.05) is 51.3 Å². The lowest BCUT2D eigenvalue weighted by Crippen LogP contribution is -2.51. The van der Waals surface area contributed by atoms with Gasteiger partial charge in [0.1, 0.15) is 0 Å². The van der Waals surface area contributed by atoms with Crippen molar-refractivity contribution < 1.29 is 9.84 Å². The third-order valence-corrected chi connectivity index (χ3v) is 5.77. The number of ether oxygens (including phenoxy) is 1. The van der Waals surface area contributed by atoms with Crippen LogP contribution in [0.4, 0.5) is 0 Å². The molecule has 0 aliphatic carbocycles. The van der Waals surface area contributed by atoms with Crippen molar-refractivity contribution in [1.29, 1.82) is 0 Å². The molecule has 24 heavy (non-hydrogen) atoms. The average molecular weight is 347 g/mol. The van der Waals surface area contributed by atoms with Crippen molar-refractivity contribution in [3.8, 4) is 10.7 Å². The molecule has 1 aliphatic heterocycles. The molecule has 0 aromatic carbocycles. The molecule has 130 valence electrons. The van der Waals surface area contributed by atoms with Gasteiger partial charge in [0.25, 0.3) is 0 Å². The Balaban J connectivity index is 1.57. The SMILES string of the molecule is COCC[C@]1(O)CCN(Cc2cnc(-c3cccs3)nc2)C[C@H]1C. The molecule has 0 amide bonds. The highest BCUT2D eigenvalue weighted by Crippen LogP contribution is 2.31. The van der Waals surface area contributed by atoms with Crippen LogP contribution in [-0.2, 0) is 11.3 Å². The Bertz CT molecular complexity index is 632. The number of aliphatic hydroxyl groups is 1. The van der Waals surface area contributed by atoms with Gasteiger partial charge in [-0.3, -0.25) is 4.90 Å². The van der Waals surface area contributed by atoms with Crippen molar-refractivity contribution >= 4 is 11.3 Å². The highest BCUT2D eigenvalue weighted by Gasteiger charge is 2.38. The molecule has 2 atom stereocenters. The smallest absolute Gasteiger partial charge is 0.169 e. The van der Waals surface area contributed by atoms with Crippen molar-refractivity contribution in [2.24, 2.45) is 5.92 Å². The maximum Gasteiger partial charge on any atom is 0.169 e. The van der Waals surface area contributed by atoms with E-state index in [1.54, 1.807) is 18.4 Å². The first kappa shape index (κ1) is 17.5. The van der Waals surface area contributed by atoms with Gasteiger partial charge in [0.05, 0.1) is 10.5 Å². The zero-order valence-corrected chi connectivity index (χ0v) is 15.1. The molecule has 6 heteroatoms. The van der Waals surface area contributed by atoms with Crippen LogP contribution < -0.4 is 0 Å². The Hall–Kier alpha value is -1.34. The average Bonchev–Trinajstić information content (AvgIpc) is 3.12. The Morgan fingerprint density at radius 1 is 1.42 bits per heavy atom. The fraction of sp³-hybridized carbons (Fsp3) is 0.556. The van der Waals surface area contributed by atoms with Crippen molar-refractivity contribution in [1.82, 2.24) is 14.9 Å². The molecule has 1 saturated heterocycles. The largest absolute Gasteiger partial charge is 0.389 e. The molecule has 2 aromatic heterocycles. The number of aromatic nitrogens is 2. The van der Waals surface area contributed by atoms with E-state index in [1.165, 1.54) is 0 Å². The minimum atomic E-state index is -0.605. The van der Waals surface area contributed by atoms with Crippen molar-refractivity contribution in [3.63, 3.8) is 0 Å². The van der Waals surface area contributed by atoms with Crippen LogP contribution in [0.2, 0.25) is 0 Å². The van der Waals surface area contributed by atoms with E-state index in [-0.39, 0.29) is 5.92 Å². The van der Waals surface area contributed by atoms with Gasteiger partial charge < -0.3 is 9.84 Å². The first-order chi connectivity index (χ1) is 11.6. The molecule has 0 spiro atoms. The number of rotatable bonds is 6. The zero-order valence-electron chi connectivity index (χ0n) is 14.3. The van der Waals surface area contributed by atoms with E-state index in [9.17, 15) is 5.11 Å². The Morgan fingerprint density at radius 3 is 2.83 bits per heavy atom. The molecule has 3 rings (SSSR count). The maximum atomic E-state index is 10.8. The van der Waals surface area contributed by atoms with Crippen LogP contribution in [0.1, 0.15) is 25.3 Å². The molecular formula is C18H25N3O2S. The maximum absolute atomic E-state index is 10.8. The Kier molecular flexibility index (Phi) is 5.61. The minimum Gasteiger partial charge on any atom is -0.389 e. The fourth-order valence-electron chi connectivity index (χ4n) is 3.27. The van der Waals surface area contributed by atoms with Crippen molar-refractivity contribution in [2.45, 2.75) is 31.9 Å². The van der Waals surface area contributed by atoms with Gasteiger partial charge >= 0.3 is 0 Å².